The van der Waals surface area contributed by atoms with Gasteiger partial charge in [-0.1, -0.05) is 0 Å². The van der Waals surface area contributed by atoms with Crippen LogP contribution in [0.4, 0.5) is 0 Å². The fraction of sp³-hybridized carbons (Fsp3) is 0.889. The summed E-state index contributed by atoms with van der Waals surface area (Å²) < 4.78 is 10.2. The van der Waals surface area contributed by atoms with Gasteiger partial charge in [-0.25, -0.2) is 0 Å². The highest BCUT2D eigenvalue weighted by Crippen LogP contribution is 2.05. The number of amides is 1. The Labute approximate surface area is 83.6 Å². The van der Waals surface area contributed by atoms with Crippen molar-refractivity contribution in [1.82, 2.24) is 4.90 Å². The third kappa shape index (κ3) is 2.94. The summed E-state index contributed by atoms with van der Waals surface area (Å²) in [4.78, 5) is 13.5. The van der Waals surface area contributed by atoms with Crippen molar-refractivity contribution in [3.63, 3.8) is 0 Å². The van der Waals surface area contributed by atoms with Gasteiger partial charge in [0.05, 0.1) is 13.2 Å². The number of hydrogen-bond acceptors (Lipinski definition) is 4. The summed E-state index contributed by atoms with van der Waals surface area (Å²) >= 11 is 0. The number of nitrogens with zero attached hydrogens (tertiary/aromatic N) is 1. The average Bonchev–Trinajstić information content (AvgIpc) is 2.26. The summed E-state index contributed by atoms with van der Waals surface area (Å²) in [5, 5.41) is 8.74. The summed E-state index contributed by atoms with van der Waals surface area (Å²) in [7, 11) is 1.48. The Morgan fingerprint density at radius 1 is 1.57 bits per heavy atom. The monoisotopic (exact) mass is 203 g/mol. The van der Waals surface area contributed by atoms with Crippen LogP contribution in [0.1, 0.15) is 6.42 Å². The molecule has 1 rings (SSSR count). The topological polar surface area (TPSA) is 59.0 Å². The van der Waals surface area contributed by atoms with Gasteiger partial charge >= 0.3 is 0 Å². The van der Waals surface area contributed by atoms with Crippen molar-refractivity contribution in [3.8, 4) is 0 Å². The van der Waals surface area contributed by atoms with Crippen LogP contribution < -0.4 is 0 Å². The van der Waals surface area contributed by atoms with Crippen LogP contribution in [-0.2, 0) is 14.3 Å². The van der Waals surface area contributed by atoms with Crippen molar-refractivity contribution in [1.29, 1.82) is 0 Å². The number of hydrogen-bond donors (Lipinski definition) is 1. The number of carbonyl (C=O) groups is 1. The van der Waals surface area contributed by atoms with Crippen LogP contribution in [0, 0.1) is 0 Å². The molecule has 0 spiro atoms. The first-order valence-corrected chi connectivity index (χ1v) is 4.79. The SMILES string of the molecule is CO[C@@H](CCO)C(=O)N1CCOCC1. The molecular formula is C9H17NO4. The summed E-state index contributed by atoms with van der Waals surface area (Å²) in [6.07, 6.45) is -0.162. The van der Waals surface area contributed by atoms with E-state index in [1.54, 1.807) is 4.90 Å². The minimum absolute atomic E-state index is 0.0331. The Bertz CT molecular complexity index is 173. The molecule has 1 saturated heterocycles. The van der Waals surface area contributed by atoms with Crippen LogP contribution in [0.2, 0.25) is 0 Å². The lowest BCUT2D eigenvalue weighted by Crippen LogP contribution is -2.46. The van der Waals surface area contributed by atoms with E-state index in [1.807, 2.05) is 0 Å². The van der Waals surface area contributed by atoms with E-state index < -0.39 is 6.10 Å². The summed E-state index contributed by atoms with van der Waals surface area (Å²) in [6, 6.07) is 0. The van der Waals surface area contributed by atoms with Crippen molar-refractivity contribution in [2.45, 2.75) is 12.5 Å². The van der Waals surface area contributed by atoms with Gasteiger partial charge in [-0.15, -0.1) is 0 Å². The smallest absolute Gasteiger partial charge is 0.251 e. The maximum Gasteiger partial charge on any atom is 0.251 e. The van der Waals surface area contributed by atoms with Crippen LogP contribution in [0.25, 0.3) is 0 Å². The van der Waals surface area contributed by atoms with Crippen molar-refractivity contribution >= 4 is 5.91 Å². The maximum atomic E-state index is 11.8. The number of methoxy groups -OCH3 is 1. The third-order valence-electron chi connectivity index (χ3n) is 2.27. The zero-order chi connectivity index (χ0) is 10.4. The van der Waals surface area contributed by atoms with E-state index in [-0.39, 0.29) is 12.5 Å². The molecule has 0 radical (unpaired) electrons. The van der Waals surface area contributed by atoms with Crippen LogP contribution in [0.15, 0.2) is 0 Å². The van der Waals surface area contributed by atoms with Gasteiger partial charge in [0.15, 0.2) is 0 Å². The Hall–Kier alpha value is -0.650. The van der Waals surface area contributed by atoms with Crippen molar-refractivity contribution in [3.05, 3.63) is 0 Å². The zero-order valence-corrected chi connectivity index (χ0v) is 8.44. The number of aliphatic hydroxyl groups is 1. The highest BCUT2D eigenvalue weighted by atomic mass is 16.5. The summed E-state index contributed by atoms with van der Waals surface area (Å²) in [6.45, 7) is 2.37. The molecule has 5 heteroatoms. The van der Waals surface area contributed by atoms with Gasteiger partial charge in [0.2, 0.25) is 0 Å². The second-order valence-corrected chi connectivity index (χ2v) is 3.17. The van der Waals surface area contributed by atoms with Gasteiger partial charge < -0.3 is 19.5 Å². The molecule has 0 aromatic heterocycles. The van der Waals surface area contributed by atoms with Crippen LogP contribution >= 0.6 is 0 Å². The first-order valence-electron chi connectivity index (χ1n) is 4.79. The van der Waals surface area contributed by atoms with Crippen molar-refractivity contribution in [2.75, 3.05) is 40.0 Å². The van der Waals surface area contributed by atoms with E-state index in [2.05, 4.69) is 0 Å². The fourth-order valence-electron chi connectivity index (χ4n) is 1.45. The molecule has 1 N–H and O–H groups in total. The van der Waals surface area contributed by atoms with Gasteiger partial charge in [0.1, 0.15) is 6.10 Å². The standard InChI is InChI=1S/C9H17NO4/c1-13-8(2-5-11)9(12)10-3-6-14-7-4-10/h8,11H,2-7H2,1H3/t8-/m0/s1. The lowest BCUT2D eigenvalue weighted by Gasteiger charge is -2.29. The van der Waals surface area contributed by atoms with Gasteiger partial charge in [-0.2, -0.15) is 0 Å². The predicted molar refractivity (Wildman–Crippen MR) is 49.9 cm³/mol. The fourth-order valence-corrected chi connectivity index (χ4v) is 1.45. The lowest BCUT2D eigenvalue weighted by atomic mass is 10.2. The van der Waals surface area contributed by atoms with Gasteiger partial charge in [0.25, 0.3) is 5.91 Å². The van der Waals surface area contributed by atoms with E-state index >= 15 is 0 Å². The second kappa shape index (κ2) is 5.95. The minimum atomic E-state index is -0.516. The predicted octanol–water partition coefficient (Wildman–Crippen LogP) is -0.757. The largest absolute Gasteiger partial charge is 0.396 e. The van der Waals surface area contributed by atoms with Crippen molar-refractivity contribution in [2.24, 2.45) is 0 Å². The molecule has 1 fully saturated rings. The average molecular weight is 203 g/mol. The van der Waals surface area contributed by atoms with E-state index in [4.69, 9.17) is 14.6 Å². The quantitative estimate of drug-likeness (QED) is 0.652. The molecule has 82 valence electrons. The first-order chi connectivity index (χ1) is 6.79. The Balaban J connectivity index is 2.43. The highest BCUT2D eigenvalue weighted by Gasteiger charge is 2.24. The second-order valence-electron chi connectivity index (χ2n) is 3.17. The minimum Gasteiger partial charge on any atom is -0.396 e. The number of aliphatic hydroxyl groups excluding tert-OH is 1. The molecule has 0 aromatic carbocycles. The number of morpholine rings is 1. The Morgan fingerprint density at radius 2 is 2.21 bits per heavy atom. The molecule has 14 heavy (non-hydrogen) atoms. The molecule has 0 unspecified atom stereocenters. The lowest BCUT2D eigenvalue weighted by molar-refractivity contribution is -0.146. The molecule has 1 heterocycles. The van der Waals surface area contributed by atoms with Gasteiger partial charge in [-0.05, 0) is 0 Å². The van der Waals surface area contributed by atoms with Crippen molar-refractivity contribution < 1.29 is 19.4 Å². The highest BCUT2D eigenvalue weighted by molar-refractivity contribution is 5.81. The molecule has 1 aliphatic heterocycles. The molecule has 0 bridgehead atoms. The third-order valence-corrected chi connectivity index (χ3v) is 2.27. The molecular weight excluding hydrogens is 186 g/mol. The summed E-state index contributed by atoms with van der Waals surface area (Å²) in [5.41, 5.74) is 0. The Kier molecular flexibility index (Phi) is 4.86. The first kappa shape index (κ1) is 11.4. The molecule has 0 saturated carbocycles. The molecule has 1 atom stereocenters. The van der Waals surface area contributed by atoms with Gasteiger partial charge in [0, 0.05) is 33.2 Å². The number of rotatable bonds is 4. The van der Waals surface area contributed by atoms with Crippen LogP contribution in [0.3, 0.4) is 0 Å². The zero-order valence-electron chi connectivity index (χ0n) is 8.44. The molecule has 1 amide bonds. The number of carbonyl (C=O) groups excluding carboxylic acids is 1. The molecule has 5 nitrogen and oxygen atoms in total. The normalized spacial score (nSPS) is 19.4. The van der Waals surface area contributed by atoms with Gasteiger partial charge in [-0.3, -0.25) is 4.79 Å². The Morgan fingerprint density at radius 3 is 2.71 bits per heavy atom. The van der Waals surface area contributed by atoms with E-state index in [9.17, 15) is 4.79 Å². The molecule has 0 aromatic rings. The van der Waals surface area contributed by atoms with E-state index in [0.717, 1.165) is 0 Å². The van der Waals surface area contributed by atoms with Crippen LogP contribution in [-0.4, -0.2) is 62.0 Å². The van der Waals surface area contributed by atoms with E-state index in [0.29, 0.717) is 32.7 Å². The maximum absolute atomic E-state index is 11.8. The summed E-state index contributed by atoms with van der Waals surface area (Å²) in [5.74, 6) is -0.0511. The van der Waals surface area contributed by atoms with Crippen LogP contribution in [0.5, 0.6) is 0 Å². The molecule has 1 aliphatic rings. The van der Waals surface area contributed by atoms with E-state index in [1.165, 1.54) is 7.11 Å². The number of ether oxygens (including phenoxy) is 2. The molecule has 0 aliphatic carbocycles.